The van der Waals surface area contributed by atoms with Crippen LogP contribution in [0.1, 0.15) is 50.2 Å². The van der Waals surface area contributed by atoms with Crippen LogP contribution in [0.5, 0.6) is 5.75 Å². The molecule has 2 unspecified atom stereocenters. The summed E-state index contributed by atoms with van der Waals surface area (Å²) in [6, 6.07) is 18.8. The summed E-state index contributed by atoms with van der Waals surface area (Å²) in [6.07, 6.45) is 2.80. The number of carbonyl (C=O) groups is 2. The van der Waals surface area contributed by atoms with Crippen LogP contribution in [0.3, 0.4) is 0 Å². The van der Waals surface area contributed by atoms with Gasteiger partial charge in [0.1, 0.15) is 5.75 Å². The van der Waals surface area contributed by atoms with Gasteiger partial charge >= 0.3 is 0 Å². The fraction of sp³-hybridized carbons (Fsp3) is 0.548. The van der Waals surface area contributed by atoms with Crippen molar-refractivity contribution in [3.63, 3.8) is 0 Å². The monoisotopic (exact) mass is 539 g/mol. The molecule has 3 aliphatic heterocycles. The van der Waals surface area contributed by atoms with Gasteiger partial charge in [-0.05, 0) is 60.5 Å². The number of halogens is 1. The van der Waals surface area contributed by atoms with E-state index in [0.29, 0.717) is 24.8 Å². The van der Waals surface area contributed by atoms with Crippen molar-refractivity contribution in [2.45, 2.75) is 45.6 Å². The maximum Gasteiger partial charge on any atom is 0.225 e. The number of methoxy groups -OCH3 is 1. The first-order valence-corrected chi connectivity index (χ1v) is 13.8. The van der Waals surface area contributed by atoms with Crippen molar-refractivity contribution >= 4 is 24.2 Å². The van der Waals surface area contributed by atoms with Crippen molar-refractivity contribution in [3.05, 3.63) is 65.7 Å². The highest BCUT2D eigenvalue weighted by molar-refractivity contribution is 5.85. The van der Waals surface area contributed by atoms with Crippen LogP contribution in [0.25, 0.3) is 0 Å². The number of benzene rings is 2. The molecule has 0 bridgehead atoms. The maximum absolute atomic E-state index is 12.9. The van der Waals surface area contributed by atoms with Crippen molar-refractivity contribution in [3.8, 4) is 5.75 Å². The molecule has 0 N–H and O–H groups in total. The largest absolute Gasteiger partial charge is 0.497 e. The molecule has 5 rings (SSSR count). The second-order valence-corrected chi connectivity index (χ2v) is 11.8. The minimum Gasteiger partial charge on any atom is -0.497 e. The minimum atomic E-state index is 0. The topological polar surface area (TPSA) is 53.1 Å². The van der Waals surface area contributed by atoms with Gasteiger partial charge in [0.15, 0.2) is 0 Å². The summed E-state index contributed by atoms with van der Waals surface area (Å²) in [6.45, 7) is 10.3. The molecule has 2 atom stereocenters. The Morgan fingerprint density at radius 3 is 2.34 bits per heavy atom. The lowest BCUT2D eigenvalue weighted by atomic mass is 9.77. The molecule has 3 aliphatic rings. The lowest BCUT2D eigenvalue weighted by Gasteiger charge is -2.40. The average Bonchev–Trinajstić information content (AvgIpc) is 3.46. The number of hydrogen-bond donors (Lipinski definition) is 0. The van der Waals surface area contributed by atoms with E-state index in [9.17, 15) is 9.59 Å². The zero-order valence-electron chi connectivity index (χ0n) is 23.0. The van der Waals surface area contributed by atoms with Crippen molar-refractivity contribution in [2.75, 3.05) is 46.4 Å². The second-order valence-electron chi connectivity index (χ2n) is 11.8. The van der Waals surface area contributed by atoms with Crippen LogP contribution >= 0.6 is 12.4 Å². The Morgan fingerprint density at radius 1 is 1.03 bits per heavy atom. The molecule has 0 radical (unpaired) electrons. The first kappa shape index (κ1) is 28.4. The van der Waals surface area contributed by atoms with Crippen molar-refractivity contribution in [1.82, 2.24) is 14.7 Å². The van der Waals surface area contributed by atoms with Crippen LogP contribution < -0.4 is 4.74 Å². The third-order valence-electron chi connectivity index (χ3n) is 8.82. The van der Waals surface area contributed by atoms with Crippen LogP contribution in [-0.4, -0.2) is 72.9 Å². The predicted octanol–water partition coefficient (Wildman–Crippen LogP) is 4.83. The fourth-order valence-electron chi connectivity index (χ4n) is 6.63. The summed E-state index contributed by atoms with van der Waals surface area (Å²) in [5, 5.41) is 0. The number of hydrogen-bond acceptors (Lipinski definition) is 4. The molecular formula is C31H42ClN3O3. The summed E-state index contributed by atoms with van der Waals surface area (Å²) in [5.74, 6) is 2.25. The Bertz CT molecular complexity index is 1080. The molecule has 3 fully saturated rings. The Hall–Kier alpha value is -2.57. The van der Waals surface area contributed by atoms with Gasteiger partial charge in [0, 0.05) is 51.0 Å². The summed E-state index contributed by atoms with van der Waals surface area (Å²) in [5.41, 5.74) is 2.60. The molecule has 2 aromatic carbocycles. The number of piperidine rings is 1. The van der Waals surface area contributed by atoms with Crippen LogP contribution in [0, 0.1) is 17.3 Å². The number of carbonyl (C=O) groups excluding carboxylic acids is 2. The highest BCUT2D eigenvalue weighted by Gasteiger charge is 2.45. The van der Waals surface area contributed by atoms with E-state index in [4.69, 9.17) is 4.74 Å². The van der Waals surface area contributed by atoms with Gasteiger partial charge in [0.05, 0.1) is 7.11 Å². The molecule has 7 heteroatoms. The van der Waals surface area contributed by atoms with Crippen LogP contribution in [0.4, 0.5) is 0 Å². The average molecular weight is 540 g/mol. The van der Waals surface area contributed by atoms with E-state index < -0.39 is 0 Å². The Labute approximate surface area is 233 Å². The highest BCUT2D eigenvalue weighted by atomic mass is 35.5. The first-order valence-electron chi connectivity index (χ1n) is 13.8. The first-order chi connectivity index (χ1) is 17.9. The van der Waals surface area contributed by atoms with Gasteiger partial charge in [0.25, 0.3) is 0 Å². The van der Waals surface area contributed by atoms with E-state index >= 15 is 0 Å². The number of ether oxygens (including phenoxy) is 1. The SMILES string of the molecule is COc1ccc(CN2CC3(CCN(CC4CN(C(=O)C(C)C)CC4c4ccccc4)CC3)CC2=O)cc1.Cl. The zero-order chi connectivity index (χ0) is 26.0. The quantitative estimate of drug-likeness (QED) is 0.506. The van der Waals surface area contributed by atoms with Gasteiger partial charge in [-0.3, -0.25) is 9.59 Å². The molecule has 3 saturated heterocycles. The molecule has 0 saturated carbocycles. The van der Waals surface area contributed by atoms with E-state index in [2.05, 4.69) is 57.2 Å². The minimum absolute atomic E-state index is 0. The maximum atomic E-state index is 12.9. The van der Waals surface area contributed by atoms with Gasteiger partial charge < -0.3 is 19.4 Å². The molecule has 1 spiro atoms. The number of rotatable bonds is 7. The third-order valence-corrected chi connectivity index (χ3v) is 8.82. The highest BCUT2D eigenvalue weighted by Crippen LogP contribution is 2.42. The molecule has 0 aromatic heterocycles. The van der Waals surface area contributed by atoms with Gasteiger partial charge in [-0.2, -0.15) is 0 Å². The molecule has 38 heavy (non-hydrogen) atoms. The van der Waals surface area contributed by atoms with Gasteiger partial charge in [-0.15, -0.1) is 12.4 Å². The lowest BCUT2D eigenvalue weighted by molar-refractivity contribution is -0.133. The van der Waals surface area contributed by atoms with E-state index in [1.807, 2.05) is 26.0 Å². The van der Waals surface area contributed by atoms with Crippen molar-refractivity contribution < 1.29 is 14.3 Å². The molecule has 3 heterocycles. The van der Waals surface area contributed by atoms with Crippen molar-refractivity contribution in [2.24, 2.45) is 17.3 Å². The Kier molecular flexibility index (Phi) is 9.04. The molecule has 2 aromatic rings. The third kappa shape index (κ3) is 6.18. The normalized spacial score (nSPS) is 23.2. The van der Waals surface area contributed by atoms with E-state index in [0.717, 1.165) is 63.4 Å². The summed E-state index contributed by atoms with van der Waals surface area (Å²) in [4.78, 5) is 32.5. The smallest absolute Gasteiger partial charge is 0.225 e. The number of amides is 2. The molecule has 6 nitrogen and oxygen atoms in total. The fourth-order valence-corrected chi connectivity index (χ4v) is 6.63. The van der Waals surface area contributed by atoms with Crippen LogP contribution in [0.2, 0.25) is 0 Å². The zero-order valence-corrected chi connectivity index (χ0v) is 23.8. The van der Waals surface area contributed by atoms with Gasteiger partial charge in [-0.1, -0.05) is 56.3 Å². The summed E-state index contributed by atoms with van der Waals surface area (Å²) in [7, 11) is 1.67. The molecule has 2 amide bonds. The number of likely N-dealkylation sites (tertiary alicyclic amines) is 3. The molecule has 0 aliphatic carbocycles. The number of nitrogens with zero attached hydrogens (tertiary/aromatic N) is 3. The van der Waals surface area contributed by atoms with E-state index in [-0.39, 0.29) is 35.6 Å². The van der Waals surface area contributed by atoms with Crippen molar-refractivity contribution in [1.29, 1.82) is 0 Å². The van der Waals surface area contributed by atoms with Gasteiger partial charge in [-0.25, -0.2) is 0 Å². The standard InChI is InChI=1S/C31H41N3O3.ClH/c1-23(2)30(36)33-20-26(28(21-33)25-7-5-4-6-8-25)19-32-15-13-31(14-16-32)17-29(35)34(22-31)18-24-9-11-27(37-3)12-10-24;/h4-12,23,26,28H,13-22H2,1-3H3;1H. The van der Waals surface area contributed by atoms with E-state index in [1.54, 1.807) is 7.11 Å². The van der Waals surface area contributed by atoms with E-state index in [1.165, 1.54) is 5.56 Å². The second kappa shape index (κ2) is 12.1. The van der Waals surface area contributed by atoms with Crippen LogP contribution in [0.15, 0.2) is 54.6 Å². The molecular weight excluding hydrogens is 498 g/mol. The Balaban J connectivity index is 0.00000336. The lowest BCUT2D eigenvalue weighted by Crippen LogP contribution is -2.44. The van der Waals surface area contributed by atoms with Gasteiger partial charge in [0.2, 0.25) is 11.8 Å². The summed E-state index contributed by atoms with van der Waals surface area (Å²) < 4.78 is 5.26. The predicted molar refractivity (Wildman–Crippen MR) is 152 cm³/mol. The van der Waals surface area contributed by atoms with Crippen LogP contribution in [-0.2, 0) is 16.1 Å². The Morgan fingerprint density at radius 2 is 1.71 bits per heavy atom. The molecule has 206 valence electrons. The summed E-state index contributed by atoms with van der Waals surface area (Å²) >= 11 is 0.